The van der Waals surface area contributed by atoms with Crippen molar-refractivity contribution in [1.82, 2.24) is 4.98 Å². The van der Waals surface area contributed by atoms with Crippen molar-refractivity contribution in [2.45, 2.75) is 32.7 Å². The Morgan fingerprint density at radius 1 is 1.33 bits per heavy atom. The molecule has 1 heterocycles. The van der Waals surface area contributed by atoms with Crippen molar-refractivity contribution >= 4 is 22.8 Å². The zero-order valence-corrected chi connectivity index (χ0v) is 13.5. The molecule has 0 spiro atoms. The Hall–Kier alpha value is -1.75. The van der Waals surface area contributed by atoms with Crippen LogP contribution in [0.3, 0.4) is 0 Å². The lowest BCUT2D eigenvalue weighted by atomic mass is 9.91. The van der Waals surface area contributed by atoms with Crippen molar-refractivity contribution in [2.75, 3.05) is 11.9 Å². The van der Waals surface area contributed by atoms with Gasteiger partial charge >= 0.3 is 0 Å². The summed E-state index contributed by atoms with van der Waals surface area (Å²) in [5.41, 5.74) is 1.21. The van der Waals surface area contributed by atoms with Crippen molar-refractivity contribution in [3.8, 4) is 0 Å². The molecule has 1 aromatic heterocycles. The molecule has 2 rings (SSSR count). The molecule has 0 fully saturated rings. The van der Waals surface area contributed by atoms with E-state index in [-0.39, 0.29) is 11.2 Å². The van der Waals surface area contributed by atoms with Gasteiger partial charge in [0, 0.05) is 24.6 Å². The standard InChI is InChI=1S/C16H19FN2OS/c1-16(2,3)14-13(10-20)21-15(18-14)19(4)9-11-7-5-6-8-12(11)17/h5-8,10H,9H2,1-4H3. The topological polar surface area (TPSA) is 33.2 Å². The Balaban J connectivity index is 2.28. The Morgan fingerprint density at radius 2 is 2.00 bits per heavy atom. The van der Waals surface area contributed by atoms with Gasteiger partial charge in [-0.05, 0) is 6.07 Å². The number of anilines is 1. The molecule has 0 saturated heterocycles. The molecule has 0 atom stereocenters. The molecule has 0 bridgehead atoms. The number of aldehydes is 1. The summed E-state index contributed by atoms with van der Waals surface area (Å²) in [7, 11) is 1.85. The van der Waals surface area contributed by atoms with E-state index < -0.39 is 0 Å². The number of thiazole rings is 1. The third-order valence-corrected chi connectivity index (χ3v) is 4.25. The van der Waals surface area contributed by atoms with Crippen molar-refractivity contribution in [2.24, 2.45) is 0 Å². The van der Waals surface area contributed by atoms with Crippen molar-refractivity contribution in [3.63, 3.8) is 0 Å². The fraction of sp³-hybridized carbons (Fsp3) is 0.375. The zero-order valence-electron chi connectivity index (χ0n) is 12.7. The van der Waals surface area contributed by atoms with Gasteiger partial charge in [0.2, 0.25) is 0 Å². The average Bonchev–Trinajstić information content (AvgIpc) is 2.85. The molecule has 5 heteroatoms. The second-order valence-electron chi connectivity index (χ2n) is 6.02. The molecular formula is C16H19FN2OS. The lowest BCUT2D eigenvalue weighted by Gasteiger charge is -2.18. The molecule has 0 amide bonds. The van der Waals surface area contributed by atoms with Crippen LogP contribution in [0.15, 0.2) is 24.3 Å². The quantitative estimate of drug-likeness (QED) is 0.800. The lowest BCUT2D eigenvalue weighted by Crippen LogP contribution is -2.18. The maximum Gasteiger partial charge on any atom is 0.186 e. The molecule has 3 nitrogen and oxygen atoms in total. The fourth-order valence-corrected chi connectivity index (χ4v) is 3.10. The first-order valence-electron chi connectivity index (χ1n) is 6.74. The number of carbonyl (C=O) groups is 1. The molecular weight excluding hydrogens is 287 g/mol. The van der Waals surface area contributed by atoms with Gasteiger partial charge < -0.3 is 4.90 Å². The highest BCUT2D eigenvalue weighted by Gasteiger charge is 2.24. The number of nitrogens with zero attached hydrogens (tertiary/aromatic N) is 2. The second-order valence-corrected chi connectivity index (χ2v) is 7.03. The maximum absolute atomic E-state index is 13.7. The number of benzene rings is 1. The van der Waals surface area contributed by atoms with E-state index >= 15 is 0 Å². The van der Waals surface area contributed by atoms with E-state index in [1.807, 2.05) is 38.8 Å². The minimum atomic E-state index is -0.229. The fourth-order valence-electron chi connectivity index (χ4n) is 2.05. The Kier molecular flexibility index (Phi) is 4.42. The van der Waals surface area contributed by atoms with Gasteiger partial charge in [0.1, 0.15) is 5.82 Å². The summed E-state index contributed by atoms with van der Waals surface area (Å²) in [5, 5.41) is 0.727. The highest BCUT2D eigenvalue weighted by molar-refractivity contribution is 7.17. The first-order valence-corrected chi connectivity index (χ1v) is 7.55. The summed E-state index contributed by atoms with van der Waals surface area (Å²) in [4.78, 5) is 18.3. The van der Waals surface area contributed by atoms with E-state index in [2.05, 4.69) is 4.98 Å². The zero-order chi connectivity index (χ0) is 15.6. The molecule has 1 aromatic carbocycles. The van der Waals surface area contributed by atoms with Crippen LogP contribution in [-0.4, -0.2) is 18.3 Å². The maximum atomic E-state index is 13.7. The van der Waals surface area contributed by atoms with Crippen LogP contribution in [0.4, 0.5) is 9.52 Å². The van der Waals surface area contributed by atoms with Crippen LogP contribution < -0.4 is 4.90 Å². The number of hydrogen-bond acceptors (Lipinski definition) is 4. The van der Waals surface area contributed by atoms with E-state index in [1.54, 1.807) is 12.1 Å². The molecule has 0 aliphatic rings. The molecule has 2 aromatic rings. The Labute approximate surface area is 128 Å². The summed E-state index contributed by atoms with van der Waals surface area (Å²) in [5.74, 6) is -0.229. The minimum Gasteiger partial charge on any atom is -0.347 e. The normalized spacial score (nSPS) is 11.5. The summed E-state index contributed by atoms with van der Waals surface area (Å²) in [6, 6.07) is 6.68. The first kappa shape index (κ1) is 15.6. The number of carbonyl (C=O) groups excluding carboxylic acids is 1. The number of halogens is 1. The Morgan fingerprint density at radius 3 is 2.52 bits per heavy atom. The van der Waals surface area contributed by atoms with Gasteiger partial charge in [-0.3, -0.25) is 4.79 Å². The van der Waals surface area contributed by atoms with Crippen molar-refractivity contribution in [3.05, 3.63) is 46.2 Å². The molecule has 0 aliphatic carbocycles. The van der Waals surface area contributed by atoms with Crippen molar-refractivity contribution < 1.29 is 9.18 Å². The highest BCUT2D eigenvalue weighted by Crippen LogP contribution is 2.32. The molecule has 0 aliphatic heterocycles. The van der Waals surface area contributed by atoms with Gasteiger partial charge in [0.25, 0.3) is 0 Å². The smallest absolute Gasteiger partial charge is 0.186 e. The molecule has 0 N–H and O–H groups in total. The molecule has 0 saturated carbocycles. The third-order valence-electron chi connectivity index (χ3n) is 3.15. The van der Waals surface area contributed by atoms with Crippen LogP contribution in [0.25, 0.3) is 0 Å². The number of hydrogen-bond donors (Lipinski definition) is 0. The van der Waals surface area contributed by atoms with Gasteiger partial charge in [0.15, 0.2) is 11.4 Å². The predicted octanol–water partition coefficient (Wildman–Crippen LogP) is 4.03. The molecule has 0 unspecified atom stereocenters. The lowest BCUT2D eigenvalue weighted by molar-refractivity contribution is 0.112. The summed E-state index contributed by atoms with van der Waals surface area (Å²) in [6.07, 6.45) is 0.846. The summed E-state index contributed by atoms with van der Waals surface area (Å²) >= 11 is 1.34. The first-order chi connectivity index (χ1) is 9.82. The van der Waals surface area contributed by atoms with Gasteiger partial charge in [-0.1, -0.05) is 50.3 Å². The van der Waals surface area contributed by atoms with Crippen LogP contribution in [0.1, 0.15) is 41.7 Å². The monoisotopic (exact) mass is 306 g/mol. The molecule has 21 heavy (non-hydrogen) atoms. The van der Waals surface area contributed by atoms with Gasteiger partial charge in [0.05, 0.1) is 10.6 Å². The second kappa shape index (κ2) is 5.93. The van der Waals surface area contributed by atoms with E-state index in [0.717, 1.165) is 17.1 Å². The highest BCUT2D eigenvalue weighted by atomic mass is 32.1. The van der Waals surface area contributed by atoms with Crippen LogP contribution >= 0.6 is 11.3 Å². The molecule has 112 valence electrons. The van der Waals surface area contributed by atoms with Crippen LogP contribution in [0, 0.1) is 5.82 Å². The van der Waals surface area contributed by atoms with E-state index in [9.17, 15) is 9.18 Å². The SMILES string of the molecule is CN(Cc1ccccc1F)c1nc(C(C)(C)C)c(C=O)s1. The van der Waals surface area contributed by atoms with Crippen LogP contribution in [0.5, 0.6) is 0 Å². The van der Waals surface area contributed by atoms with E-state index in [1.165, 1.54) is 17.4 Å². The third kappa shape index (κ3) is 3.47. The Bertz CT molecular complexity index is 646. The average molecular weight is 306 g/mol. The van der Waals surface area contributed by atoms with Crippen molar-refractivity contribution in [1.29, 1.82) is 0 Å². The minimum absolute atomic E-state index is 0.191. The van der Waals surface area contributed by atoms with Crippen LogP contribution in [-0.2, 0) is 12.0 Å². The summed E-state index contributed by atoms with van der Waals surface area (Å²) < 4.78 is 13.7. The summed E-state index contributed by atoms with van der Waals surface area (Å²) in [6.45, 7) is 6.49. The van der Waals surface area contributed by atoms with Gasteiger partial charge in [-0.15, -0.1) is 0 Å². The van der Waals surface area contributed by atoms with E-state index in [0.29, 0.717) is 17.0 Å². The number of rotatable bonds is 4. The van der Waals surface area contributed by atoms with E-state index in [4.69, 9.17) is 0 Å². The van der Waals surface area contributed by atoms with Gasteiger partial charge in [-0.25, -0.2) is 9.37 Å². The molecule has 0 radical (unpaired) electrons. The predicted molar refractivity (Wildman–Crippen MR) is 84.7 cm³/mol. The van der Waals surface area contributed by atoms with Crippen LogP contribution in [0.2, 0.25) is 0 Å². The van der Waals surface area contributed by atoms with Gasteiger partial charge in [-0.2, -0.15) is 0 Å². The number of aromatic nitrogens is 1. The largest absolute Gasteiger partial charge is 0.347 e.